The van der Waals surface area contributed by atoms with Gasteiger partial charge in [-0.05, 0) is 46.4 Å². The summed E-state index contributed by atoms with van der Waals surface area (Å²) in [5, 5.41) is 0.509. The average molecular weight is 382 g/mol. The predicted octanol–water partition coefficient (Wildman–Crippen LogP) is 5.85. The Morgan fingerprint density at radius 2 is 1.82 bits per heavy atom. The van der Waals surface area contributed by atoms with Crippen LogP contribution >= 0.6 is 27.5 Å². The molecular weight excluding hydrogens is 364 g/mol. The van der Waals surface area contributed by atoms with E-state index in [9.17, 15) is 4.79 Å². The van der Waals surface area contributed by atoms with Crippen LogP contribution in [0.2, 0.25) is 5.02 Å². The molecule has 2 rings (SSSR count). The standard InChI is InChI=1S/C18H18BrClO2/c1-18(2,3)12-7-11(8-13(19)9-12)15-6-5-14(20)10-16(15)17(21)22-4/h5-10H,1-4H3. The van der Waals surface area contributed by atoms with E-state index in [1.165, 1.54) is 12.7 Å². The Morgan fingerprint density at radius 3 is 2.41 bits per heavy atom. The summed E-state index contributed by atoms with van der Waals surface area (Å²) in [5.74, 6) is -0.394. The molecule has 0 aromatic heterocycles. The van der Waals surface area contributed by atoms with Crippen LogP contribution in [0.15, 0.2) is 40.9 Å². The first-order valence-electron chi connectivity index (χ1n) is 6.91. The molecule has 2 nitrogen and oxygen atoms in total. The Kier molecular flexibility index (Phi) is 4.98. The van der Waals surface area contributed by atoms with Gasteiger partial charge in [-0.2, -0.15) is 0 Å². The van der Waals surface area contributed by atoms with E-state index in [1.807, 2.05) is 12.1 Å². The normalized spacial score (nSPS) is 11.4. The molecule has 0 saturated heterocycles. The average Bonchev–Trinajstić information content (AvgIpc) is 2.44. The van der Waals surface area contributed by atoms with E-state index in [-0.39, 0.29) is 5.41 Å². The fraction of sp³-hybridized carbons (Fsp3) is 0.278. The molecule has 0 unspecified atom stereocenters. The fourth-order valence-corrected chi connectivity index (χ4v) is 2.89. The second-order valence-electron chi connectivity index (χ2n) is 6.16. The molecule has 4 heteroatoms. The van der Waals surface area contributed by atoms with Gasteiger partial charge in [0.2, 0.25) is 0 Å². The van der Waals surface area contributed by atoms with Gasteiger partial charge in [-0.3, -0.25) is 0 Å². The van der Waals surface area contributed by atoms with Gasteiger partial charge < -0.3 is 4.74 Å². The van der Waals surface area contributed by atoms with Crippen LogP contribution in [0, 0.1) is 0 Å². The molecule has 0 heterocycles. The van der Waals surface area contributed by atoms with Crippen molar-refractivity contribution in [3.8, 4) is 11.1 Å². The Hall–Kier alpha value is -1.32. The molecule has 0 aliphatic rings. The highest BCUT2D eigenvalue weighted by molar-refractivity contribution is 9.10. The summed E-state index contributed by atoms with van der Waals surface area (Å²) in [6, 6.07) is 11.5. The van der Waals surface area contributed by atoms with Crippen molar-refractivity contribution in [2.75, 3.05) is 7.11 Å². The first kappa shape index (κ1) is 17.0. The van der Waals surface area contributed by atoms with Crippen molar-refractivity contribution in [2.24, 2.45) is 0 Å². The highest BCUT2D eigenvalue weighted by atomic mass is 79.9. The van der Waals surface area contributed by atoms with Crippen LogP contribution in [0.4, 0.5) is 0 Å². The summed E-state index contributed by atoms with van der Waals surface area (Å²) >= 11 is 9.58. The van der Waals surface area contributed by atoms with Crippen molar-refractivity contribution in [3.63, 3.8) is 0 Å². The topological polar surface area (TPSA) is 26.3 Å². The van der Waals surface area contributed by atoms with Crippen LogP contribution in [0.5, 0.6) is 0 Å². The van der Waals surface area contributed by atoms with E-state index in [1.54, 1.807) is 12.1 Å². The van der Waals surface area contributed by atoms with Gasteiger partial charge in [0.05, 0.1) is 12.7 Å². The molecule has 0 aliphatic carbocycles. The maximum atomic E-state index is 12.0. The Bertz CT molecular complexity index is 718. The fourth-order valence-electron chi connectivity index (χ4n) is 2.23. The first-order valence-corrected chi connectivity index (χ1v) is 8.09. The van der Waals surface area contributed by atoms with Gasteiger partial charge >= 0.3 is 5.97 Å². The van der Waals surface area contributed by atoms with E-state index < -0.39 is 5.97 Å². The molecule has 2 aromatic carbocycles. The molecule has 2 aromatic rings. The highest BCUT2D eigenvalue weighted by Gasteiger charge is 2.18. The third kappa shape index (κ3) is 3.71. The van der Waals surface area contributed by atoms with Crippen molar-refractivity contribution >= 4 is 33.5 Å². The van der Waals surface area contributed by atoms with Crippen molar-refractivity contribution in [3.05, 3.63) is 57.0 Å². The lowest BCUT2D eigenvalue weighted by atomic mass is 9.85. The molecule has 0 fully saturated rings. The second kappa shape index (κ2) is 6.43. The van der Waals surface area contributed by atoms with Gasteiger partial charge in [-0.15, -0.1) is 0 Å². The Labute approximate surface area is 144 Å². The minimum Gasteiger partial charge on any atom is -0.465 e. The lowest BCUT2D eigenvalue weighted by Crippen LogP contribution is -2.11. The largest absolute Gasteiger partial charge is 0.465 e. The smallest absolute Gasteiger partial charge is 0.338 e. The number of methoxy groups -OCH3 is 1. The maximum absolute atomic E-state index is 12.0. The number of rotatable bonds is 2. The molecule has 0 atom stereocenters. The molecular formula is C18H18BrClO2. The number of halogens is 2. The van der Waals surface area contributed by atoms with Crippen LogP contribution < -0.4 is 0 Å². The molecule has 0 bridgehead atoms. The van der Waals surface area contributed by atoms with Crippen LogP contribution in [0.3, 0.4) is 0 Å². The maximum Gasteiger partial charge on any atom is 0.338 e. The number of hydrogen-bond donors (Lipinski definition) is 0. The SMILES string of the molecule is COC(=O)c1cc(Cl)ccc1-c1cc(Br)cc(C(C)(C)C)c1. The monoisotopic (exact) mass is 380 g/mol. The Morgan fingerprint density at radius 1 is 1.14 bits per heavy atom. The van der Waals surface area contributed by atoms with Crippen LogP contribution in [0.1, 0.15) is 36.7 Å². The zero-order chi connectivity index (χ0) is 16.5. The van der Waals surface area contributed by atoms with Gasteiger partial charge in [0.1, 0.15) is 0 Å². The lowest BCUT2D eigenvalue weighted by molar-refractivity contribution is 0.0601. The number of esters is 1. The number of ether oxygens (including phenoxy) is 1. The van der Waals surface area contributed by atoms with E-state index in [4.69, 9.17) is 16.3 Å². The zero-order valence-corrected chi connectivity index (χ0v) is 15.4. The summed E-state index contributed by atoms with van der Waals surface area (Å²) in [4.78, 5) is 12.0. The molecule has 116 valence electrons. The summed E-state index contributed by atoms with van der Waals surface area (Å²) in [5.41, 5.74) is 3.42. The van der Waals surface area contributed by atoms with Gasteiger partial charge in [0.15, 0.2) is 0 Å². The minimum atomic E-state index is -0.394. The van der Waals surface area contributed by atoms with Gasteiger partial charge in [0, 0.05) is 9.50 Å². The molecule has 0 amide bonds. The number of benzene rings is 2. The van der Waals surface area contributed by atoms with Gasteiger partial charge in [0.25, 0.3) is 0 Å². The molecule has 0 N–H and O–H groups in total. The molecule has 0 aliphatic heterocycles. The zero-order valence-electron chi connectivity index (χ0n) is 13.0. The third-order valence-corrected chi connectivity index (χ3v) is 4.15. The van der Waals surface area contributed by atoms with Crippen molar-refractivity contribution < 1.29 is 9.53 Å². The molecule has 22 heavy (non-hydrogen) atoms. The van der Waals surface area contributed by atoms with E-state index in [0.717, 1.165) is 15.6 Å². The van der Waals surface area contributed by atoms with Crippen LogP contribution in [-0.4, -0.2) is 13.1 Å². The molecule has 0 spiro atoms. The van der Waals surface area contributed by atoms with E-state index in [2.05, 4.69) is 48.8 Å². The number of carbonyl (C=O) groups is 1. The molecule has 0 radical (unpaired) electrons. The van der Waals surface area contributed by atoms with Crippen molar-refractivity contribution in [2.45, 2.75) is 26.2 Å². The van der Waals surface area contributed by atoms with Crippen LogP contribution in [0.25, 0.3) is 11.1 Å². The lowest BCUT2D eigenvalue weighted by Gasteiger charge is -2.21. The van der Waals surface area contributed by atoms with E-state index in [0.29, 0.717) is 10.6 Å². The quantitative estimate of drug-likeness (QED) is 0.610. The second-order valence-corrected chi connectivity index (χ2v) is 7.51. The molecule has 0 saturated carbocycles. The minimum absolute atomic E-state index is 0.0103. The first-order chi connectivity index (χ1) is 10.2. The summed E-state index contributed by atoms with van der Waals surface area (Å²) < 4.78 is 5.84. The van der Waals surface area contributed by atoms with Crippen molar-refractivity contribution in [1.82, 2.24) is 0 Å². The summed E-state index contributed by atoms with van der Waals surface area (Å²) in [7, 11) is 1.37. The third-order valence-electron chi connectivity index (χ3n) is 3.46. The van der Waals surface area contributed by atoms with E-state index >= 15 is 0 Å². The van der Waals surface area contributed by atoms with Crippen molar-refractivity contribution in [1.29, 1.82) is 0 Å². The Balaban J connectivity index is 2.67. The highest BCUT2D eigenvalue weighted by Crippen LogP contribution is 2.34. The number of hydrogen-bond acceptors (Lipinski definition) is 2. The summed E-state index contributed by atoms with van der Waals surface area (Å²) in [6.45, 7) is 6.46. The van der Waals surface area contributed by atoms with Gasteiger partial charge in [-0.25, -0.2) is 4.79 Å². The van der Waals surface area contributed by atoms with Gasteiger partial charge in [-0.1, -0.05) is 60.4 Å². The summed E-state index contributed by atoms with van der Waals surface area (Å²) in [6.07, 6.45) is 0. The number of carbonyl (C=O) groups excluding carboxylic acids is 1. The predicted molar refractivity (Wildman–Crippen MR) is 94.6 cm³/mol. The van der Waals surface area contributed by atoms with Crippen LogP contribution in [-0.2, 0) is 10.2 Å².